The van der Waals surface area contributed by atoms with Crippen molar-refractivity contribution in [2.24, 2.45) is 0 Å². The summed E-state index contributed by atoms with van der Waals surface area (Å²) in [6.45, 7) is 3.27. The van der Waals surface area contributed by atoms with Gasteiger partial charge in [-0.1, -0.05) is 17.3 Å². The van der Waals surface area contributed by atoms with E-state index in [1.165, 1.54) is 4.90 Å². The van der Waals surface area contributed by atoms with E-state index in [0.29, 0.717) is 23.0 Å². The van der Waals surface area contributed by atoms with Gasteiger partial charge in [-0.3, -0.25) is 14.5 Å². The number of aryl methyl sites for hydroxylation is 1. The Hall–Kier alpha value is -2.83. The quantitative estimate of drug-likeness (QED) is 0.933. The minimum Gasteiger partial charge on any atom is -0.479 e. The second kappa shape index (κ2) is 5.51. The zero-order valence-electron chi connectivity index (χ0n) is 12.2. The van der Waals surface area contributed by atoms with Crippen LogP contribution in [0.5, 0.6) is 5.75 Å². The van der Waals surface area contributed by atoms with Crippen molar-refractivity contribution in [1.29, 1.82) is 0 Å². The number of amides is 2. The molecule has 2 aromatic rings. The number of nitrogens with one attached hydrogen (secondary N) is 1. The van der Waals surface area contributed by atoms with Crippen LogP contribution in [-0.2, 0) is 9.59 Å². The summed E-state index contributed by atoms with van der Waals surface area (Å²) in [5.74, 6) is 0.886. The SMILES string of the molecule is Cc1cc(NC(=O)CN2C(=O)[C@@H](C)Oc3ccccc32)no1. The molecule has 114 valence electrons. The zero-order chi connectivity index (χ0) is 15.7. The number of para-hydroxylation sites is 2. The van der Waals surface area contributed by atoms with Gasteiger partial charge in [0, 0.05) is 6.07 Å². The van der Waals surface area contributed by atoms with Crippen LogP contribution in [0, 0.1) is 6.92 Å². The number of rotatable bonds is 3. The lowest BCUT2D eigenvalue weighted by Crippen LogP contribution is -2.47. The lowest BCUT2D eigenvalue weighted by atomic mass is 10.2. The minimum absolute atomic E-state index is 0.116. The van der Waals surface area contributed by atoms with E-state index >= 15 is 0 Å². The van der Waals surface area contributed by atoms with E-state index in [1.54, 1.807) is 38.1 Å². The molecule has 2 amide bonds. The summed E-state index contributed by atoms with van der Waals surface area (Å²) < 4.78 is 10.4. The third-order valence-electron chi connectivity index (χ3n) is 3.27. The number of benzene rings is 1. The van der Waals surface area contributed by atoms with Crippen molar-refractivity contribution in [3.05, 3.63) is 36.1 Å². The smallest absolute Gasteiger partial charge is 0.268 e. The van der Waals surface area contributed by atoms with Gasteiger partial charge in [0.25, 0.3) is 5.91 Å². The van der Waals surface area contributed by atoms with Crippen LogP contribution in [0.25, 0.3) is 0 Å². The first-order valence-corrected chi connectivity index (χ1v) is 6.85. The molecule has 1 N–H and O–H groups in total. The molecule has 22 heavy (non-hydrogen) atoms. The number of anilines is 2. The van der Waals surface area contributed by atoms with E-state index in [1.807, 2.05) is 6.07 Å². The van der Waals surface area contributed by atoms with Crippen LogP contribution in [0.4, 0.5) is 11.5 Å². The molecule has 1 aromatic heterocycles. The highest BCUT2D eigenvalue weighted by atomic mass is 16.5. The van der Waals surface area contributed by atoms with Crippen LogP contribution in [0.3, 0.4) is 0 Å². The number of carbonyl (C=O) groups excluding carboxylic acids is 2. The summed E-state index contributed by atoms with van der Waals surface area (Å²) in [6.07, 6.45) is -0.628. The van der Waals surface area contributed by atoms with E-state index in [2.05, 4.69) is 10.5 Å². The van der Waals surface area contributed by atoms with Crippen molar-refractivity contribution in [1.82, 2.24) is 5.16 Å². The lowest BCUT2D eigenvalue weighted by molar-refractivity contribution is -0.127. The largest absolute Gasteiger partial charge is 0.479 e. The summed E-state index contributed by atoms with van der Waals surface area (Å²) in [5, 5.41) is 6.29. The molecule has 0 unspecified atom stereocenters. The second-order valence-corrected chi connectivity index (χ2v) is 5.02. The summed E-state index contributed by atoms with van der Waals surface area (Å²) in [4.78, 5) is 25.8. The first-order valence-electron chi connectivity index (χ1n) is 6.85. The number of aromatic nitrogens is 1. The molecule has 0 aliphatic carbocycles. The van der Waals surface area contributed by atoms with E-state index in [-0.39, 0.29) is 18.4 Å². The fraction of sp³-hybridized carbons (Fsp3) is 0.267. The van der Waals surface area contributed by atoms with Crippen LogP contribution in [0.2, 0.25) is 0 Å². The molecule has 1 aromatic carbocycles. The molecule has 0 saturated heterocycles. The summed E-state index contributed by atoms with van der Waals surface area (Å²) in [5.41, 5.74) is 0.581. The van der Waals surface area contributed by atoms with E-state index in [0.717, 1.165) is 0 Å². The molecule has 7 heteroatoms. The maximum absolute atomic E-state index is 12.3. The van der Waals surface area contributed by atoms with Crippen molar-refractivity contribution in [3.8, 4) is 5.75 Å². The molecule has 7 nitrogen and oxygen atoms in total. The normalized spacial score (nSPS) is 16.9. The highest BCUT2D eigenvalue weighted by molar-refractivity contribution is 6.05. The van der Waals surface area contributed by atoms with Crippen molar-refractivity contribution in [3.63, 3.8) is 0 Å². The van der Waals surface area contributed by atoms with Gasteiger partial charge in [-0.15, -0.1) is 0 Å². The van der Waals surface area contributed by atoms with E-state index < -0.39 is 6.10 Å². The van der Waals surface area contributed by atoms with Gasteiger partial charge < -0.3 is 14.6 Å². The zero-order valence-corrected chi connectivity index (χ0v) is 12.2. The number of fused-ring (bicyclic) bond motifs is 1. The maximum Gasteiger partial charge on any atom is 0.268 e. The maximum atomic E-state index is 12.3. The molecule has 0 spiro atoms. The molecule has 1 atom stereocenters. The van der Waals surface area contributed by atoms with Gasteiger partial charge in [-0.05, 0) is 26.0 Å². The van der Waals surface area contributed by atoms with Gasteiger partial charge in [0.05, 0.1) is 5.69 Å². The van der Waals surface area contributed by atoms with Crippen molar-refractivity contribution in [2.75, 3.05) is 16.8 Å². The molecule has 0 saturated carbocycles. The first kappa shape index (κ1) is 14.1. The Morgan fingerprint density at radius 3 is 2.91 bits per heavy atom. The molecule has 2 heterocycles. The highest BCUT2D eigenvalue weighted by Gasteiger charge is 2.32. The molecule has 3 rings (SSSR count). The van der Waals surface area contributed by atoms with E-state index in [4.69, 9.17) is 9.26 Å². The Kier molecular flexibility index (Phi) is 3.54. The molecule has 1 aliphatic rings. The molecule has 1 aliphatic heterocycles. The molecule has 0 fully saturated rings. The van der Waals surface area contributed by atoms with Crippen molar-refractivity contribution < 1.29 is 18.8 Å². The van der Waals surface area contributed by atoms with Crippen molar-refractivity contribution in [2.45, 2.75) is 20.0 Å². The number of hydrogen-bond donors (Lipinski definition) is 1. The Morgan fingerprint density at radius 1 is 1.41 bits per heavy atom. The predicted molar refractivity (Wildman–Crippen MR) is 78.8 cm³/mol. The standard InChI is InChI=1S/C15H15N3O4/c1-9-7-13(17-22-9)16-14(19)8-18-11-5-3-4-6-12(11)21-10(2)15(18)20/h3-7,10H,8H2,1-2H3,(H,16,17,19)/t10-/m1/s1. The Labute approximate surface area is 126 Å². The summed E-state index contributed by atoms with van der Waals surface area (Å²) in [6, 6.07) is 8.72. The van der Waals surface area contributed by atoms with Gasteiger partial charge in [-0.25, -0.2) is 0 Å². The number of carbonyl (C=O) groups is 2. The average Bonchev–Trinajstić information content (AvgIpc) is 2.89. The lowest BCUT2D eigenvalue weighted by Gasteiger charge is -2.32. The van der Waals surface area contributed by atoms with Crippen LogP contribution in [-0.4, -0.2) is 29.6 Å². The van der Waals surface area contributed by atoms with Gasteiger partial charge in [0.1, 0.15) is 18.1 Å². The minimum atomic E-state index is -0.628. The predicted octanol–water partition coefficient (Wildman–Crippen LogP) is 1.74. The summed E-state index contributed by atoms with van der Waals surface area (Å²) in [7, 11) is 0. The molecule has 0 bridgehead atoms. The molecular weight excluding hydrogens is 286 g/mol. The summed E-state index contributed by atoms with van der Waals surface area (Å²) >= 11 is 0. The van der Waals surface area contributed by atoms with Crippen LogP contribution in [0.1, 0.15) is 12.7 Å². The Balaban J connectivity index is 1.78. The Bertz CT molecular complexity index is 725. The average molecular weight is 301 g/mol. The van der Waals surface area contributed by atoms with Gasteiger partial charge in [0.15, 0.2) is 11.9 Å². The number of hydrogen-bond acceptors (Lipinski definition) is 5. The van der Waals surface area contributed by atoms with Crippen molar-refractivity contribution >= 4 is 23.3 Å². The van der Waals surface area contributed by atoms with Gasteiger partial charge in [-0.2, -0.15) is 0 Å². The topological polar surface area (TPSA) is 84.7 Å². The van der Waals surface area contributed by atoms with Crippen LogP contribution in [0.15, 0.2) is 34.9 Å². The number of nitrogens with zero attached hydrogens (tertiary/aromatic N) is 2. The fourth-order valence-electron chi connectivity index (χ4n) is 2.27. The van der Waals surface area contributed by atoms with Crippen LogP contribution >= 0.6 is 0 Å². The Morgan fingerprint density at radius 2 is 2.18 bits per heavy atom. The monoisotopic (exact) mass is 301 g/mol. The van der Waals surface area contributed by atoms with Gasteiger partial charge in [0.2, 0.25) is 5.91 Å². The van der Waals surface area contributed by atoms with Crippen LogP contribution < -0.4 is 15.0 Å². The first-order chi connectivity index (χ1) is 10.5. The van der Waals surface area contributed by atoms with E-state index in [9.17, 15) is 9.59 Å². The second-order valence-electron chi connectivity index (χ2n) is 5.02. The highest BCUT2D eigenvalue weighted by Crippen LogP contribution is 2.33. The third kappa shape index (κ3) is 2.65. The third-order valence-corrected chi connectivity index (χ3v) is 3.27. The molecule has 0 radical (unpaired) electrons. The molecular formula is C15H15N3O4. The number of ether oxygens (including phenoxy) is 1. The van der Waals surface area contributed by atoms with Gasteiger partial charge >= 0.3 is 0 Å². The fourth-order valence-corrected chi connectivity index (χ4v) is 2.27.